The van der Waals surface area contributed by atoms with Gasteiger partial charge in [0, 0.05) is 6.04 Å². The van der Waals surface area contributed by atoms with E-state index in [2.05, 4.69) is 11.6 Å². The van der Waals surface area contributed by atoms with Crippen molar-refractivity contribution in [1.82, 2.24) is 4.72 Å². The van der Waals surface area contributed by atoms with Crippen LogP contribution in [-0.4, -0.2) is 14.5 Å². The molecule has 1 rings (SSSR count). The van der Waals surface area contributed by atoms with Gasteiger partial charge in [-0.25, -0.2) is 13.1 Å². The maximum Gasteiger partial charge on any atom is 0.240 e. The topological polar surface area (TPSA) is 46.2 Å². The molecule has 0 aliphatic carbocycles. The number of nitrogens with one attached hydrogen (secondary N) is 1. The van der Waals surface area contributed by atoms with E-state index >= 15 is 0 Å². The van der Waals surface area contributed by atoms with Crippen LogP contribution in [-0.2, 0) is 10.0 Å². The van der Waals surface area contributed by atoms with Crippen molar-refractivity contribution >= 4 is 10.0 Å². The van der Waals surface area contributed by atoms with Crippen LogP contribution in [0.1, 0.15) is 51.5 Å². The van der Waals surface area contributed by atoms with Crippen LogP contribution in [0.2, 0.25) is 0 Å². The molecule has 0 bridgehead atoms. The van der Waals surface area contributed by atoms with Crippen LogP contribution < -0.4 is 4.72 Å². The summed E-state index contributed by atoms with van der Waals surface area (Å²) >= 11 is 0. The number of hydrogen-bond acceptors (Lipinski definition) is 2. The van der Waals surface area contributed by atoms with Gasteiger partial charge in [-0.3, -0.25) is 0 Å². The Morgan fingerprint density at radius 1 is 1.11 bits per heavy atom. The lowest BCUT2D eigenvalue weighted by molar-refractivity contribution is 0.522. The molecule has 0 fully saturated rings. The van der Waals surface area contributed by atoms with Crippen molar-refractivity contribution in [3.63, 3.8) is 0 Å². The van der Waals surface area contributed by atoms with E-state index in [0.29, 0.717) is 4.90 Å². The molecule has 108 valence electrons. The Balaban J connectivity index is 2.52. The van der Waals surface area contributed by atoms with Gasteiger partial charge in [0.05, 0.1) is 4.90 Å². The number of hydrogen-bond donors (Lipinski definition) is 1. The van der Waals surface area contributed by atoms with Gasteiger partial charge in [0.15, 0.2) is 0 Å². The van der Waals surface area contributed by atoms with Crippen molar-refractivity contribution in [3.05, 3.63) is 29.8 Å². The van der Waals surface area contributed by atoms with Crippen molar-refractivity contribution in [2.75, 3.05) is 0 Å². The number of aryl methyl sites for hydroxylation is 1. The van der Waals surface area contributed by atoms with Gasteiger partial charge in [-0.05, 0) is 32.4 Å². The summed E-state index contributed by atoms with van der Waals surface area (Å²) in [6, 6.07) is 6.94. The smallest absolute Gasteiger partial charge is 0.208 e. The summed E-state index contributed by atoms with van der Waals surface area (Å²) < 4.78 is 27.0. The van der Waals surface area contributed by atoms with Gasteiger partial charge < -0.3 is 0 Å². The Morgan fingerprint density at radius 2 is 1.74 bits per heavy atom. The molecule has 0 saturated heterocycles. The molecule has 0 aromatic heterocycles. The number of rotatable bonds is 8. The van der Waals surface area contributed by atoms with Crippen LogP contribution in [0.4, 0.5) is 0 Å². The minimum atomic E-state index is -3.37. The highest BCUT2D eigenvalue weighted by Crippen LogP contribution is 2.12. The van der Waals surface area contributed by atoms with E-state index in [-0.39, 0.29) is 6.04 Å². The first-order valence-corrected chi connectivity index (χ1v) is 8.53. The summed E-state index contributed by atoms with van der Waals surface area (Å²) in [6.45, 7) is 6.04. The SMILES string of the molecule is CCCCCCC(C)NS(=O)(=O)c1ccc(C)cc1. The minimum absolute atomic E-state index is 0.0110. The van der Waals surface area contributed by atoms with Gasteiger partial charge in [0.1, 0.15) is 0 Å². The molecular formula is C15H25NO2S. The van der Waals surface area contributed by atoms with Crippen LogP contribution in [0, 0.1) is 6.92 Å². The van der Waals surface area contributed by atoms with Crippen molar-refractivity contribution in [2.24, 2.45) is 0 Å². The van der Waals surface area contributed by atoms with E-state index in [1.165, 1.54) is 19.3 Å². The summed E-state index contributed by atoms with van der Waals surface area (Å²) in [5, 5.41) is 0. The van der Waals surface area contributed by atoms with E-state index < -0.39 is 10.0 Å². The summed E-state index contributed by atoms with van der Waals surface area (Å²) in [6.07, 6.45) is 5.56. The Labute approximate surface area is 117 Å². The van der Waals surface area contributed by atoms with Gasteiger partial charge in [-0.1, -0.05) is 50.3 Å². The number of unbranched alkanes of at least 4 members (excludes halogenated alkanes) is 3. The highest BCUT2D eigenvalue weighted by Gasteiger charge is 2.16. The first-order chi connectivity index (χ1) is 8.95. The summed E-state index contributed by atoms with van der Waals surface area (Å²) in [7, 11) is -3.37. The number of sulfonamides is 1. The lowest BCUT2D eigenvalue weighted by Gasteiger charge is -2.14. The first kappa shape index (κ1) is 16.2. The quantitative estimate of drug-likeness (QED) is 0.740. The zero-order valence-corrected chi connectivity index (χ0v) is 13.0. The van der Waals surface area contributed by atoms with Crippen LogP contribution in [0.3, 0.4) is 0 Å². The molecule has 0 heterocycles. The second-order valence-electron chi connectivity index (χ2n) is 5.18. The Hall–Kier alpha value is -0.870. The first-order valence-electron chi connectivity index (χ1n) is 7.04. The largest absolute Gasteiger partial charge is 0.240 e. The third kappa shape index (κ3) is 5.74. The standard InChI is InChI=1S/C15H25NO2S/c1-4-5-6-7-8-14(3)16-19(17,18)15-11-9-13(2)10-12-15/h9-12,14,16H,4-8H2,1-3H3. The maximum absolute atomic E-state index is 12.1. The van der Waals surface area contributed by atoms with Gasteiger partial charge in [-0.2, -0.15) is 0 Å². The fourth-order valence-electron chi connectivity index (χ4n) is 1.99. The average Bonchev–Trinajstić information content (AvgIpc) is 2.34. The Bertz CT molecular complexity index is 465. The molecule has 0 aliphatic heterocycles. The molecule has 0 spiro atoms. The fraction of sp³-hybridized carbons (Fsp3) is 0.600. The van der Waals surface area contributed by atoms with E-state index in [9.17, 15) is 8.42 Å². The molecular weight excluding hydrogens is 258 g/mol. The highest BCUT2D eigenvalue weighted by molar-refractivity contribution is 7.89. The second kappa shape index (κ2) is 7.65. The van der Waals surface area contributed by atoms with Crippen molar-refractivity contribution in [2.45, 2.75) is 63.8 Å². The molecule has 1 aromatic carbocycles. The molecule has 0 radical (unpaired) electrons. The summed E-state index contributed by atoms with van der Waals surface area (Å²) in [5.74, 6) is 0. The molecule has 1 N–H and O–H groups in total. The van der Waals surface area contributed by atoms with Crippen molar-refractivity contribution in [1.29, 1.82) is 0 Å². The molecule has 4 heteroatoms. The molecule has 0 saturated carbocycles. The van der Waals surface area contributed by atoms with Crippen molar-refractivity contribution < 1.29 is 8.42 Å². The van der Waals surface area contributed by atoms with E-state index in [0.717, 1.165) is 18.4 Å². The zero-order valence-electron chi connectivity index (χ0n) is 12.1. The van der Waals surface area contributed by atoms with Crippen LogP contribution >= 0.6 is 0 Å². The predicted molar refractivity (Wildman–Crippen MR) is 79.7 cm³/mol. The van der Waals surface area contributed by atoms with Gasteiger partial charge >= 0.3 is 0 Å². The fourth-order valence-corrected chi connectivity index (χ4v) is 3.26. The maximum atomic E-state index is 12.1. The molecule has 19 heavy (non-hydrogen) atoms. The van der Waals surface area contributed by atoms with Crippen LogP contribution in [0.15, 0.2) is 29.2 Å². The minimum Gasteiger partial charge on any atom is -0.208 e. The lowest BCUT2D eigenvalue weighted by atomic mass is 10.1. The molecule has 0 aliphatic rings. The summed E-state index contributed by atoms with van der Waals surface area (Å²) in [4.78, 5) is 0.346. The third-order valence-electron chi connectivity index (χ3n) is 3.18. The second-order valence-corrected chi connectivity index (χ2v) is 6.90. The van der Waals surface area contributed by atoms with E-state index in [4.69, 9.17) is 0 Å². The Kier molecular flexibility index (Phi) is 6.52. The van der Waals surface area contributed by atoms with Crippen molar-refractivity contribution in [3.8, 4) is 0 Å². The van der Waals surface area contributed by atoms with Gasteiger partial charge in [0.2, 0.25) is 10.0 Å². The predicted octanol–water partition coefficient (Wildman–Crippen LogP) is 3.63. The summed E-state index contributed by atoms with van der Waals surface area (Å²) in [5.41, 5.74) is 1.06. The van der Waals surface area contributed by atoms with Gasteiger partial charge in [0.25, 0.3) is 0 Å². The molecule has 1 aromatic rings. The molecule has 3 nitrogen and oxygen atoms in total. The average molecular weight is 283 g/mol. The molecule has 1 atom stereocenters. The molecule has 0 amide bonds. The van der Waals surface area contributed by atoms with Gasteiger partial charge in [-0.15, -0.1) is 0 Å². The lowest BCUT2D eigenvalue weighted by Crippen LogP contribution is -2.32. The third-order valence-corrected chi connectivity index (χ3v) is 4.78. The van der Waals surface area contributed by atoms with E-state index in [1.54, 1.807) is 12.1 Å². The normalized spacial score (nSPS) is 13.4. The van der Waals surface area contributed by atoms with E-state index in [1.807, 2.05) is 26.0 Å². The van der Waals surface area contributed by atoms with Crippen LogP contribution in [0.5, 0.6) is 0 Å². The number of benzene rings is 1. The zero-order chi connectivity index (χ0) is 14.3. The molecule has 1 unspecified atom stereocenters. The van der Waals surface area contributed by atoms with Crippen LogP contribution in [0.25, 0.3) is 0 Å². The monoisotopic (exact) mass is 283 g/mol. The Morgan fingerprint density at radius 3 is 2.32 bits per heavy atom. The highest BCUT2D eigenvalue weighted by atomic mass is 32.2.